The van der Waals surface area contributed by atoms with Crippen LogP contribution < -0.4 is 5.32 Å². The van der Waals surface area contributed by atoms with Gasteiger partial charge in [0.15, 0.2) is 0 Å². The first-order chi connectivity index (χ1) is 9.61. The first-order valence-electron chi connectivity index (χ1n) is 6.88. The summed E-state index contributed by atoms with van der Waals surface area (Å²) in [6, 6.07) is 1.75. The average Bonchev–Trinajstić information content (AvgIpc) is 2.86. The fraction of sp³-hybridized carbons (Fsp3) is 0.571. The zero-order valence-electron chi connectivity index (χ0n) is 11.8. The number of nitrogens with zero attached hydrogens (tertiary/aromatic N) is 1. The minimum Gasteiger partial charge on any atom is -0.469 e. The zero-order valence-corrected chi connectivity index (χ0v) is 11.8. The maximum atomic E-state index is 12.0. The lowest BCUT2D eigenvalue weighted by Gasteiger charge is -2.31. The van der Waals surface area contributed by atoms with Crippen LogP contribution in [-0.2, 0) is 4.74 Å². The summed E-state index contributed by atoms with van der Waals surface area (Å²) in [5.74, 6) is 0.497. The molecule has 2 rings (SSSR count). The molecule has 6 nitrogen and oxygen atoms in total. The molecule has 0 aromatic carbocycles. The summed E-state index contributed by atoms with van der Waals surface area (Å²) in [4.78, 5) is 25.3. The van der Waals surface area contributed by atoms with E-state index in [1.165, 1.54) is 6.26 Å². The Morgan fingerprint density at radius 1 is 1.45 bits per heavy atom. The molecule has 2 amide bonds. The Labute approximate surface area is 118 Å². The largest absolute Gasteiger partial charge is 0.469 e. The maximum absolute atomic E-state index is 12.0. The minimum absolute atomic E-state index is 0.0856. The van der Waals surface area contributed by atoms with Gasteiger partial charge >= 0.3 is 6.09 Å². The van der Waals surface area contributed by atoms with Gasteiger partial charge in [-0.05, 0) is 32.8 Å². The molecule has 0 atom stereocenters. The highest BCUT2D eigenvalue weighted by Gasteiger charge is 2.25. The van der Waals surface area contributed by atoms with Crippen LogP contribution in [0.4, 0.5) is 4.79 Å². The van der Waals surface area contributed by atoms with Crippen molar-refractivity contribution in [2.24, 2.45) is 0 Å². The van der Waals surface area contributed by atoms with Gasteiger partial charge in [0.25, 0.3) is 5.91 Å². The van der Waals surface area contributed by atoms with Crippen molar-refractivity contribution in [3.63, 3.8) is 0 Å². The van der Waals surface area contributed by atoms with Gasteiger partial charge in [0.1, 0.15) is 5.76 Å². The molecule has 2 heterocycles. The summed E-state index contributed by atoms with van der Waals surface area (Å²) in [6.45, 7) is 5.15. The first-order valence-corrected chi connectivity index (χ1v) is 6.88. The van der Waals surface area contributed by atoms with Crippen molar-refractivity contribution in [3.05, 3.63) is 23.7 Å². The molecule has 6 heteroatoms. The van der Waals surface area contributed by atoms with E-state index in [1.807, 2.05) is 0 Å². The van der Waals surface area contributed by atoms with Crippen LogP contribution >= 0.6 is 0 Å². The van der Waals surface area contributed by atoms with Gasteiger partial charge in [-0.25, -0.2) is 4.79 Å². The van der Waals surface area contributed by atoms with Gasteiger partial charge in [-0.15, -0.1) is 0 Å². The van der Waals surface area contributed by atoms with Crippen molar-refractivity contribution in [1.29, 1.82) is 0 Å². The normalized spacial score (nSPS) is 16.0. The van der Waals surface area contributed by atoms with E-state index >= 15 is 0 Å². The number of carbonyl (C=O) groups is 2. The molecule has 0 bridgehead atoms. The number of rotatable bonds is 3. The molecule has 1 saturated heterocycles. The van der Waals surface area contributed by atoms with E-state index in [4.69, 9.17) is 9.15 Å². The molecule has 0 saturated carbocycles. The SMILES string of the molecule is CCOC(=O)N1CCC(NC(=O)c2ccoc2C)CC1. The molecular formula is C14H20N2O4. The maximum Gasteiger partial charge on any atom is 0.409 e. The third-order valence-electron chi connectivity index (χ3n) is 3.46. The lowest BCUT2D eigenvalue weighted by molar-refractivity contribution is 0.0859. The molecule has 0 aliphatic carbocycles. The molecule has 1 aromatic heterocycles. The predicted octanol–water partition coefficient (Wildman–Crippen LogP) is 1.94. The molecular weight excluding hydrogens is 260 g/mol. The van der Waals surface area contributed by atoms with E-state index in [0.29, 0.717) is 31.0 Å². The summed E-state index contributed by atoms with van der Waals surface area (Å²) in [5.41, 5.74) is 0.567. The minimum atomic E-state index is -0.275. The van der Waals surface area contributed by atoms with Crippen LogP contribution in [0.5, 0.6) is 0 Å². The summed E-state index contributed by atoms with van der Waals surface area (Å²) in [7, 11) is 0. The molecule has 1 aromatic rings. The lowest BCUT2D eigenvalue weighted by atomic mass is 10.0. The van der Waals surface area contributed by atoms with Crippen LogP contribution in [0.15, 0.2) is 16.7 Å². The fourth-order valence-electron chi connectivity index (χ4n) is 2.30. The number of piperidine rings is 1. The molecule has 0 radical (unpaired) electrons. The third-order valence-corrected chi connectivity index (χ3v) is 3.46. The van der Waals surface area contributed by atoms with E-state index in [-0.39, 0.29) is 18.0 Å². The summed E-state index contributed by atoms with van der Waals surface area (Å²) < 4.78 is 10.1. The molecule has 1 fully saturated rings. The van der Waals surface area contributed by atoms with Gasteiger partial charge in [-0.3, -0.25) is 4.79 Å². The fourth-order valence-corrected chi connectivity index (χ4v) is 2.30. The second-order valence-corrected chi connectivity index (χ2v) is 4.82. The number of nitrogens with one attached hydrogen (secondary N) is 1. The topological polar surface area (TPSA) is 71.8 Å². The van der Waals surface area contributed by atoms with E-state index in [1.54, 1.807) is 24.8 Å². The lowest BCUT2D eigenvalue weighted by Crippen LogP contribution is -2.46. The van der Waals surface area contributed by atoms with Gasteiger partial charge in [-0.1, -0.05) is 0 Å². The number of ether oxygens (including phenoxy) is 1. The molecule has 0 spiro atoms. The van der Waals surface area contributed by atoms with Crippen molar-refractivity contribution in [2.45, 2.75) is 32.7 Å². The van der Waals surface area contributed by atoms with E-state index < -0.39 is 0 Å². The Balaban J connectivity index is 1.81. The number of hydrogen-bond donors (Lipinski definition) is 1. The average molecular weight is 280 g/mol. The highest BCUT2D eigenvalue weighted by Crippen LogP contribution is 2.14. The second-order valence-electron chi connectivity index (χ2n) is 4.82. The number of furan rings is 1. The number of amides is 2. The Kier molecular flexibility index (Phi) is 4.65. The molecule has 110 valence electrons. The van der Waals surface area contributed by atoms with Gasteiger partial charge in [0.05, 0.1) is 18.4 Å². The van der Waals surface area contributed by atoms with Crippen LogP contribution in [0, 0.1) is 6.92 Å². The van der Waals surface area contributed by atoms with Crippen LogP contribution in [0.1, 0.15) is 35.9 Å². The Hall–Kier alpha value is -1.98. The van der Waals surface area contributed by atoms with E-state index in [9.17, 15) is 9.59 Å². The standard InChI is InChI=1S/C14H20N2O4/c1-3-19-14(18)16-7-4-11(5-8-16)15-13(17)12-6-9-20-10(12)2/h6,9,11H,3-5,7-8H2,1-2H3,(H,15,17). The Morgan fingerprint density at radius 3 is 2.70 bits per heavy atom. The van der Waals surface area contributed by atoms with Gasteiger partial charge < -0.3 is 19.4 Å². The summed E-state index contributed by atoms with van der Waals surface area (Å²) >= 11 is 0. The van der Waals surface area contributed by atoms with Crippen LogP contribution in [-0.4, -0.2) is 42.6 Å². The van der Waals surface area contributed by atoms with Crippen molar-refractivity contribution in [3.8, 4) is 0 Å². The highest BCUT2D eigenvalue weighted by molar-refractivity contribution is 5.95. The van der Waals surface area contributed by atoms with Crippen LogP contribution in [0.3, 0.4) is 0 Å². The van der Waals surface area contributed by atoms with Crippen LogP contribution in [0.2, 0.25) is 0 Å². The third kappa shape index (κ3) is 3.31. The Morgan fingerprint density at radius 2 is 2.15 bits per heavy atom. The highest BCUT2D eigenvalue weighted by atomic mass is 16.6. The second kappa shape index (κ2) is 6.45. The number of carbonyl (C=O) groups excluding carboxylic acids is 2. The number of likely N-dealkylation sites (tertiary alicyclic amines) is 1. The van der Waals surface area contributed by atoms with Crippen molar-refractivity contribution < 1.29 is 18.7 Å². The van der Waals surface area contributed by atoms with Crippen molar-refractivity contribution in [2.75, 3.05) is 19.7 Å². The predicted molar refractivity (Wildman–Crippen MR) is 72.5 cm³/mol. The molecule has 1 aliphatic heterocycles. The van der Waals surface area contributed by atoms with Gasteiger partial charge in [-0.2, -0.15) is 0 Å². The van der Waals surface area contributed by atoms with E-state index in [0.717, 1.165) is 12.8 Å². The number of aryl methyl sites for hydroxylation is 1. The van der Waals surface area contributed by atoms with Gasteiger partial charge in [0.2, 0.25) is 0 Å². The van der Waals surface area contributed by atoms with E-state index in [2.05, 4.69) is 5.32 Å². The number of hydrogen-bond acceptors (Lipinski definition) is 4. The quantitative estimate of drug-likeness (QED) is 0.918. The monoisotopic (exact) mass is 280 g/mol. The molecule has 0 unspecified atom stereocenters. The van der Waals surface area contributed by atoms with Gasteiger partial charge in [0, 0.05) is 19.1 Å². The molecule has 1 N–H and O–H groups in total. The van der Waals surface area contributed by atoms with Crippen molar-refractivity contribution in [1.82, 2.24) is 10.2 Å². The first kappa shape index (κ1) is 14.4. The summed E-state index contributed by atoms with van der Waals surface area (Å²) in [5, 5.41) is 2.98. The smallest absolute Gasteiger partial charge is 0.409 e. The molecule has 20 heavy (non-hydrogen) atoms. The molecule has 1 aliphatic rings. The summed E-state index contributed by atoms with van der Waals surface area (Å²) in [6.07, 6.45) is 2.71. The zero-order chi connectivity index (χ0) is 14.5. The van der Waals surface area contributed by atoms with Crippen molar-refractivity contribution >= 4 is 12.0 Å². The Bertz CT molecular complexity index is 475. The van der Waals surface area contributed by atoms with Crippen LogP contribution in [0.25, 0.3) is 0 Å².